The third-order valence-corrected chi connectivity index (χ3v) is 5.04. The molecule has 1 aliphatic heterocycles. The summed E-state index contributed by atoms with van der Waals surface area (Å²) in [7, 11) is 1.83. The Kier molecular flexibility index (Phi) is 6.04. The van der Waals surface area contributed by atoms with Crippen molar-refractivity contribution in [3.05, 3.63) is 59.4 Å². The summed E-state index contributed by atoms with van der Waals surface area (Å²) < 4.78 is 19.5. The van der Waals surface area contributed by atoms with E-state index in [2.05, 4.69) is 0 Å². The van der Waals surface area contributed by atoms with Crippen LogP contribution in [0.5, 0.6) is 0 Å². The van der Waals surface area contributed by atoms with E-state index in [-0.39, 0.29) is 17.8 Å². The van der Waals surface area contributed by atoms with Crippen molar-refractivity contribution in [2.24, 2.45) is 0 Å². The molecule has 2 aromatic carbocycles. The molecule has 1 amide bonds. The van der Waals surface area contributed by atoms with Crippen molar-refractivity contribution in [2.45, 2.75) is 38.7 Å². The van der Waals surface area contributed by atoms with Gasteiger partial charge < -0.3 is 9.64 Å². The molecule has 0 saturated carbocycles. The number of ether oxygens (including phenoxy) is 1. The van der Waals surface area contributed by atoms with Gasteiger partial charge in [-0.15, -0.1) is 0 Å². The summed E-state index contributed by atoms with van der Waals surface area (Å²) in [6.07, 6.45) is 4.59. The highest BCUT2D eigenvalue weighted by molar-refractivity contribution is 5.94. The molecular weight excluding hydrogens is 329 g/mol. The molecule has 4 heteroatoms. The fraction of sp³-hybridized carbons (Fsp3) is 0.409. The van der Waals surface area contributed by atoms with Crippen LogP contribution < -0.4 is 0 Å². The number of halogens is 1. The van der Waals surface area contributed by atoms with E-state index in [1.807, 2.05) is 37.4 Å². The van der Waals surface area contributed by atoms with Gasteiger partial charge in [-0.2, -0.15) is 0 Å². The van der Waals surface area contributed by atoms with E-state index in [4.69, 9.17) is 4.74 Å². The minimum Gasteiger partial charge on any atom is -0.378 e. The van der Waals surface area contributed by atoms with Gasteiger partial charge in [0.15, 0.2) is 0 Å². The van der Waals surface area contributed by atoms with Gasteiger partial charge in [0.25, 0.3) is 5.91 Å². The predicted octanol–water partition coefficient (Wildman–Crippen LogP) is 4.83. The van der Waals surface area contributed by atoms with Crippen LogP contribution in [0.1, 0.15) is 41.6 Å². The minimum absolute atomic E-state index is 0.00226. The van der Waals surface area contributed by atoms with E-state index in [9.17, 15) is 9.18 Å². The van der Waals surface area contributed by atoms with Gasteiger partial charge in [-0.3, -0.25) is 4.79 Å². The predicted molar refractivity (Wildman–Crippen MR) is 102 cm³/mol. The normalized spacial score (nSPS) is 17.1. The molecule has 3 nitrogen and oxygen atoms in total. The summed E-state index contributed by atoms with van der Waals surface area (Å²) >= 11 is 0. The number of hydrogen-bond acceptors (Lipinski definition) is 2. The Hall–Kier alpha value is -2.20. The molecule has 0 bridgehead atoms. The smallest absolute Gasteiger partial charge is 0.253 e. The van der Waals surface area contributed by atoms with Crippen LogP contribution in [0.2, 0.25) is 0 Å². The van der Waals surface area contributed by atoms with Gasteiger partial charge >= 0.3 is 0 Å². The van der Waals surface area contributed by atoms with Gasteiger partial charge in [0.05, 0.1) is 6.10 Å². The molecule has 3 rings (SSSR count). The lowest BCUT2D eigenvalue weighted by Gasteiger charge is -2.25. The highest BCUT2D eigenvalue weighted by Gasteiger charge is 2.17. The summed E-state index contributed by atoms with van der Waals surface area (Å²) in [6.45, 7) is 3.27. The average molecular weight is 355 g/mol. The summed E-state index contributed by atoms with van der Waals surface area (Å²) in [6, 6.07) is 12.6. The Balaban J connectivity index is 1.61. The van der Waals surface area contributed by atoms with Crippen LogP contribution >= 0.6 is 0 Å². The molecule has 138 valence electrons. The third-order valence-electron chi connectivity index (χ3n) is 5.04. The molecule has 2 aromatic rings. The molecule has 0 aromatic heterocycles. The number of benzene rings is 2. The Labute approximate surface area is 154 Å². The first-order valence-corrected chi connectivity index (χ1v) is 9.28. The maximum atomic E-state index is 13.7. The Morgan fingerprint density at radius 1 is 1.15 bits per heavy atom. The van der Waals surface area contributed by atoms with Crippen molar-refractivity contribution >= 4 is 5.91 Å². The second kappa shape index (κ2) is 8.45. The minimum atomic E-state index is -0.215. The molecule has 1 heterocycles. The third kappa shape index (κ3) is 4.50. The van der Waals surface area contributed by atoms with Crippen LogP contribution in [0.15, 0.2) is 42.5 Å². The van der Waals surface area contributed by atoms with Crippen LogP contribution in [0, 0.1) is 12.7 Å². The zero-order valence-corrected chi connectivity index (χ0v) is 15.5. The largest absolute Gasteiger partial charge is 0.378 e. The van der Waals surface area contributed by atoms with E-state index in [0.29, 0.717) is 17.7 Å². The maximum absolute atomic E-state index is 13.7. The van der Waals surface area contributed by atoms with Crippen LogP contribution in [-0.2, 0) is 4.74 Å². The highest BCUT2D eigenvalue weighted by atomic mass is 19.1. The van der Waals surface area contributed by atoms with Crippen molar-refractivity contribution in [2.75, 3.05) is 20.2 Å². The SMILES string of the molecule is Cc1ccc(-c2ccc(C(=O)N(C)CCC3CCCCO3)cc2)cc1F. The molecule has 0 radical (unpaired) electrons. The van der Waals surface area contributed by atoms with Crippen molar-refractivity contribution < 1.29 is 13.9 Å². The molecule has 1 fully saturated rings. The van der Waals surface area contributed by atoms with Crippen molar-refractivity contribution in [3.63, 3.8) is 0 Å². The molecule has 1 unspecified atom stereocenters. The molecule has 0 aliphatic carbocycles. The van der Waals surface area contributed by atoms with E-state index < -0.39 is 0 Å². The second-order valence-corrected chi connectivity index (χ2v) is 7.05. The number of rotatable bonds is 5. The zero-order chi connectivity index (χ0) is 18.5. The summed E-state index contributed by atoms with van der Waals surface area (Å²) in [5.41, 5.74) is 2.99. The first kappa shape index (κ1) is 18.6. The quantitative estimate of drug-likeness (QED) is 0.769. The van der Waals surface area contributed by atoms with E-state index in [1.165, 1.54) is 12.5 Å². The highest BCUT2D eigenvalue weighted by Crippen LogP contribution is 2.23. The average Bonchev–Trinajstić information content (AvgIpc) is 2.68. The summed E-state index contributed by atoms with van der Waals surface area (Å²) in [4.78, 5) is 14.3. The van der Waals surface area contributed by atoms with Crippen molar-refractivity contribution in [1.29, 1.82) is 0 Å². The molecular formula is C22H26FNO2. The lowest BCUT2D eigenvalue weighted by Crippen LogP contribution is -2.31. The number of hydrogen-bond donors (Lipinski definition) is 0. The van der Waals surface area contributed by atoms with E-state index in [1.54, 1.807) is 17.9 Å². The summed E-state index contributed by atoms with van der Waals surface area (Å²) in [5, 5.41) is 0. The number of aryl methyl sites for hydroxylation is 1. The Bertz CT molecular complexity index is 751. The van der Waals surface area contributed by atoms with E-state index in [0.717, 1.165) is 37.0 Å². The van der Waals surface area contributed by atoms with Crippen LogP contribution in [0.3, 0.4) is 0 Å². The second-order valence-electron chi connectivity index (χ2n) is 7.05. The number of carbonyl (C=O) groups is 1. The molecule has 1 atom stereocenters. The number of carbonyl (C=O) groups excluding carboxylic acids is 1. The van der Waals surface area contributed by atoms with Crippen LogP contribution in [-0.4, -0.2) is 37.1 Å². The van der Waals surface area contributed by atoms with Gasteiger partial charge in [-0.1, -0.05) is 24.3 Å². The van der Waals surface area contributed by atoms with Crippen molar-refractivity contribution in [1.82, 2.24) is 4.90 Å². The topological polar surface area (TPSA) is 29.5 Å². The van der Waals surface area contributed by atoms with Gasteiger partial charge in [-0.25, -0.2) is 4.39 Å². The van der Waals surface area contributed by atoms with E-state index >= 15 is 0 Å². The first-order valence-electron chi connectivity index (χ1n) is 9.28. The van der Waals surface area contributed by atoms with Gasteiger partial charge in [0.1, 0.15) is 5.82 Å². The fourth-order valence-electron chi connectivity index (χ4n) is 3.27. The van der Waals surface area contributed by atoms with Crippen LogP contribution in [0.25, 0.3) is 11.1 Å². The number of amides is 1. The summed E-state index contributed by atoms with van der Waals surface area (Å²) in [5.74, 6) is -0.213. The van der Waals surface area contributed by atoms with Gasteiger partial charge in [0.2, 0.25) is 0 Å². The maximum Gasteiger partial charge on any atom is 0.253 e. The number of nitrogens with zero attached hydrogens (tertiary/aromatic N) is 1. The van der Waals surface area contributed by atoms with Gasteiger partial charge in [0, 0.05) is 25.8 Å². The molecule has 1 saturated heterocycles. The molecule has 0 spiro atoms. The molecule has 0 N–H and O–H groups in total. The fourth-order valence-corrected chi connectivity index (χ4v) is 3.27. The van der Waals surface area contributed by atoms with Crippen LogP contribution in [0.4, 0.5) is 4.39 Å². The lowest BCUT2D eigenvalue weighted by atomic mass is 10.0. The first-order chi connectivity index (χ1) is 12.5. The zero-order valence-electron chi connectivity index (χ0n) is 15.5. The lowest BCUT2D eigenvalue weighted by molar-refractivity contribution is 0.00709. The molecule has 26 heavy (non-hydrogen) atoms. The van der Waals surface area contributed by atoms with Crippen molar-refractivity contribution in [3.8, 4) is 11.1 Å². The Morgan fingerprint density at radius 3 is 2.54 bits per heavy atom. The van der Waals surface area contributed by atoms with Gasteiger partial charge in [-0.05, 0) is 67.5 Å². The Morgan fingerprint density at radius 2 is 1.88 bits per heavy atom. The molecule has 1 aliphatic rings. The standard InChI is InChI=1S/C22H26FNO2/c1-16-6-7-19(15-21(16)23)17-8-10-18(11-9-17)22(25)24(2)13-12-20-5-3-4-14-26-20/h6-11,15,20H,3-5,12-14H2,1-2H3. The monoisotopic (exact) mass is 355 g/mol.